The van der Waals surface area contributed by atoms with Crippen LogP contribution in [0.3, 0.4) is 0 Å². The van der Waals surface area contributed by atoms with Crippen LogP contribution >= 0.6 is 0 Å². The molecule has 120 valence electrons. The van der Waals surface area contributed by atoms with Crippen LogP contribution < -0.4 is 10.0 Å². The van der Waals surface area contributed by atoms with Crippen LogP contribution in [0.2, 0.25) is 0 Å². The van der Waals surface area contributed by atoms with Gasteiger partial charge in [0.15, 0.2) is 0 Å². The van der Waals surface area contributed by atoms with Crippen LogP contribution in [-0.2, 0) is 10.2 Å². The second-order valence-corrected chi connectivity index (χ2v) is 7.26. The van der Waals surface area contributed by atoms with Gasteiger partial charge >= 0.3 is 0 Å². The highest BCUT2D eigenvalue weighted by molar-refractivity contribution is 7.87. The molecule has 2 N–H and O–H groups in total. The Hall–Kier alpha value is -0.960. The molecule has 1 aromatic rings. The van der Waals surface area contributed by atoms with Gasteiger partial charge in [-0.1, -0.05) is 0 Å². The van der Waals surface area contributed by atoms with Crippen LogP contribution in [0.4, 0.5) is 0 Å². The Morgan fingerprint density at radius 1 is 1.48 bits per heavy atom. The number of aryl methyl sites for hydroxylation is 1. The van der Waals surface area contributed by atoms with Gasteiger partial charge < -0.3 is 9.73 Å². The summed E-state index contributed by atoms with van der Waals surface area (Å²) in [6, 6.07) is -0.473. The Bertz CT molecular complexity index is 550. The summed E-state index contributed by atoms with van der Waals surface area (Å²) in [6.45, 7) is 5.56. The van der Waals surface area contributed by atoms with E-state index < -0.39 is 16.3 Å². The predicted octanol–water partition coefficient (Wildman–Crippen LogP) is 0.810. The van der Waals surface area contributed by atoms with Crippen molar-refractivity contribution in [1.29, 1.82) is 0 Å². The maximum Gasteiger partial charge on any atom is 0.280 e. The fraction of sp³-hybridized carbons (Fsp3) is 0.769. The number of oxazole rings is 1. The van der Waals surface area contributed by atoms with Gasteiger partial charge in [-0.25, -0.2) is 4.98 Å². The van der Waals surface area contributed by atoms with E-state index in [0.717, 1.165) is 19.4 Å². The molecule has 1 aliphatic heterocycles. The van der Waals surface area contributed by atoms with Crippen molar-refractivity contribution in [3.05, 3.63) is 17.8 Å². The largest absolute Gasteiger partial charge is 0.444 e. The Morgan fingerprint density at radius 2 is 2.14 bits per heavy atom. The number of rotatable bonds is 6. The van der Waals surface area contributed by atoms with Gasteiger partial charge in [0.05, 0.1) is 12.2 Å². The molecule has 1 atom stereocenters. The number of piperidine rings is 1. The van der Waals surface area contributed by atoms with Crippen molar-refractivity contribution in [3.8, 4) is 0 Å². The molecule has 7 nitrogen and oxygen atoms in total. The van der Waals surface area contributed by atoms with Crippen molar-refractivity contribution < 1.29 is 12.8 Å². The molecule has 0 spiro atoms. The molecule has 2 rings (SSSR count). The van der Waals surface area contributed by atoms with Gasteiger partial charge in [0, 0.05) is 13.1 Å². The van der Waals surface area contributed by atoms with Gasteiger partial charge in [-0.15, -0.1) is 0 Å². The highest BCUT2D eigenvalue weighted by Crippen LogP contribution is 2.20. The van der Waals surface area contributed by atoms with Crippen LogP contribution in [0.25, 0.3) is 0 Å². The number of hydrogen-bond donors (Lipinski definition) is 2. The van der Waals surface area contributed by atoms with E-state index in [-0.39, 0.29) is 0 Å². The summed E-state index contributed by atoms with van der Waals surface area (Å²) in [6.07, 6.45) is 3.35. The Morgan fingerprint density at radius 3 is 2.67 bits per heavy atom. The molecule has 1 saturated heterocycles. The minimum atomic E-state index is -3.50. The van der Waals surface area contributed by atoms with Gasteiger partial charge in [-0.3, -0.25) is 0 Å². The van der Waals surface area contributed by atoms with Crippen LogP contribution in [-0.4, -0.2) is 44.4 Å². The lowest BCUT2D eigenvalue weighted by atomic mass is 9.98. The van der Waals surface area contributed by atoms with Crippen molar-refractivity contribution in [1.82, 2.24) is 19.3 Å². The normalized spacial score (nSPS) is 19.8. The predicted molar refractivity (Wildman–Crippen MR) is 79.9 cm³/mol. The van der Waals surface area contributed by atoms with Crippen molar-refractivity contribution in [3.63, 3.8) is 0 Å². The molecule has 0 aromatic carbocycles. The monoisotopic (exact) mass is 316 g/mol. The molecule has 1 aliphatic rings. The van der Waals surface area contributed by atoms with Crippen molar-refractivity contribution in [2.45, 2.75) is 32.7 Å². The molecule has 0 aliphatic carbocycles. The highest BCUT2D eigenvalue weighted by Gasteiger charge is 2.29. The Balaban J connectivity index is 1.93. The van der Waals surface area contributed by atoms with E-state index in [0.29, 0.717) is 30.7 Å². The average Bonchev–Trinajstić information content (AvgIpc) is 2.86. The van der Waals surface area contributed by atoms with Crippen LogP contribution in [0.15, 0.2) is 10.6 Å². The molecule has 1 unspecified atom stereocenters. The quantitative estimate of drug-likeness (QED) is 0.811. The molecule has 21 heavy (non-hydrogen) atoms. The third-order valence-electron chi connectivity index (χ3n) is 3.74. The summed E-state index contributed by atoms with van der Waals surface area (Å²) in [5, 5.41) is 3.14. The molecule has 2 heterocycles. The zero-order valence-electron chi connectivity index (χ0n) is 12.8. The lowest BCUT2D eigenvalue weighted by Crippen LogP contribution is -2.46. The van der Waals surface area contributed by atoms with Gasteiger partial charge in [0.25, 0.3) is 10.2 Å². The SMILES string of the molecule is CNCC1CCN(S(=O)(=O)NC(C)c2ncc(C)o2)CC1. The standard InChI is InChI=1S/C13H24N4O3S/c1-10-8-15-13(20-10)11(2)16-21(18,19)17-6-4-12(5-7-17)9-14-3/h8,11-12,14,16H,4-7,9H2,1-3H3. The maximum atomic E-state index is 12.4. The summed E-state index contributed by atoms with van der Waals surface area (Å²) in [5.41, 5.74) is 0. The lowest BCUT2D eigenvalue weighted by molar-refractivity contribution is 0.266. The van der Waals surface area contributed by atoms with Gasteiger partial charge in [0.2, 0.25) is 5.89 Å². The first-order chi connectivity index (χ1) is 9.92. The smallest absolute Gasteiger partial charge is 0.280 e. The third kappa shape index (κ3) is 4.26. The fourth-order valence-electron chi connectivity index (χ4n) is 2.56. The first-order valence-electron chi connectivity index (χ1n) is 7.26. The Labute approximate surface area is 126 Å². The zero-order valence-corrected chi connectivity index (χ0v) is 13.6. The van der Waals surface area contributed by atoms with E-state index in [1.54, 1.807) is 20.0 Å². The lowest BCUT2D eigenvalue weighted by Gasteiger charge is -2.31. The van der Waals surface area contributed by atoms with E-state index in [2.05, 4.69) is 15.0 Å². The fourth-order valence-corrected chi connectivity index (χ4v) is 3.95. The maximum absolute atomic E-state index is 12.4. The first kappa shape index (κ1) is 16.4. The first-order valence-corrected chi connectivity index (χ1v) is 8.70. The number of aromatic nitrogens is 1. The summed E-state index contributed by atoms with van der Waals surface area (Å²) in [4.78, 5) is 4.06. The van der Waals surface area contributed by atoms with Crippen LogP contribution in [0, 0.1) is 12.8 Å². The second kappa shape index (κ2) is 6.87. The molecule has 0 amide bonds. The summed E-state index contributed by atoms with van der Waals surface area (Å²) < 4.78 is 34.2. The summed E-state index contributed by atoms with van der Waals surface area (Å²) in [5.74, 6) is 1.61. The molecule has 0 bridgehead atoms. The topological polar surface area (TPSA) is 87.5 Å². The van der Waals surface area contributed by atoms with E-state index in [1.165, 1.54) is 4.31 Å². The number of nitrogens with one attached hydrogen (secondary N) is 2. The van der Waals surface area contributed by atoms with E-state index in [1.807, 2.05) is 7.05 Å². The highest BCUT2D eigenvalue weighted by atomic mass is 32.2. The summed E-state index contributed by atoms with van der Waals surface area (Å²) in [7, 11) is -1.58. The molecule has 1 fully saturated rings. The van der Waals surface area contributed by atoms with Gasteiger partial charge in [-0.2, -0.15) is 17.4 Å². The molecule has 1 aromatic heterocycles. The molecular formula is C13H24N4O3S. The number of nitrogens with zero attached hydrogens (tertiary/aromatic N) is 2. The van der Waals surface area contributed by atoms with E-state index in [9.17, 15) is 8.42 Å². The minimum Gasteiger partial charge on any atom is -0.444 e. The van der Waals surface area contributed by atoms with E-state index in [4.69, 9.17) is 4.42 Å². The van der Waals surface area contributed by atoms with E-state index >= 15 is 0 Å². The van der Waals surface area contributed by atoms with Gasteiger partial charge in [0.1, 0.15) is 5.76 Å². The molecule has 0 radical (unpaired) electrons. The second-order valence-electron chi connectivity index (χ2n) is 5.55. The summed E-state index contributed by atoms with van der Waals surface area (Å²) >= 11 is 0. The molecule has 8 heteroatoms. The van der Waals surface area contributed by atoms with Crippen molar-refractivity contribution in [2.75, 3.05) is 26.7 Å². The third-order valence-corrected chi connectivity index (χ3v) is 5.44. The number of hydrogen-bond acceptors (Lipinski definition) is 5. The van der Waals surface area contributed by atoms with Gasteiger partial charge in [-0.05, 0) is 46.2 Å². The zero-order chi connectivity index (χ0) is 15.5. The van der Waals surface area contributed by atoms with Crippen molar-refractivity contribution in [2.24, 2.45) is 5.92 Å². The van der Waals surface area contributed by atoms with Crippen LogP contribution in [0.1, 0.15) is 37.5 Å². The average molecular weight is 316 g/mol. The van der Waals surface area contributed by atoms with Crippen LogP contribution in [0.5, 0.6) is 0 Å². The van der Waals surface area contributed by atoms with Crippen molar-refractivity contribution >= 4 is 10.2 Å². The molecular weight excluding hydrogens is 292 g/mol. The Kier molecular flexibility index (Phi) is 5.37. The molecule has 0 saturated carbocycles. The minimum absolute atomic E-state index is 0.390.